The predicted molar refractivity (Wildman–Crippen MR) is 101 cm³/mol. The number of hydrogen-bond donors (Lipinski definition) is 3. The Kier molecular flexibility index (Phi) is 11.4. The van der Waals surface area contributed by atoms with Crippen molar-refractivity contribution >= 4 is 5.96 Å². The van der Waals surface area contributed by atoms with Gasteiger partial charge in [-0.2, -0.15) is 0 Å². The SMILES string of the molecule is CCCC(CCO)CNC(=NCc1cccc(OCC(F)F)c1)NCC. The molecule has 0 aliphatic carbocycles. The number of rotatable bonds is 12. The average molecular weight is 371 g/mol. The van der Waals surface area contributed by atoms with Gasteiger partial charge in [0.1, 0.15) is 12.4 Å². The Balaban J connectivity index is 2.63. The van der Waals surface area contributed by atoms with Gasteiger partial charge in [0.15, 0.2) is 5.96 Å². The Morgan fingerprint density at radius 2 is 2.04 bits per heavy atom. The lowest BCUT2D eigenvalue weighted by atomic mass is 10.0. The van der Waals surface area contributed by atoms with Crippen LogP contribution < -0.4 is 15.4 Å². The molecule has 0 radical (unpaired) electrons. The van der Waals surface area contributed by atoms with Crippen molar-refractivity contribution in [2.24, 2.45) is 10.9 Å². The zero-order valence-corrected chi connectivity index (χ0v) is 15.7. The van der Waals surface area contributed by atoms with Crippen molar-refractivity contribution < 1.29 is 18.6 Å². The molecule has 1 aromatic carbocycles. The number of halogens is 2. The summed E-state index contributed by atoms with van der Waals surface area (Å²) in [6, 6.07) is 7.03. The normalized spacial score (nSPS) is 12.9. The maximum Gasteiger partial charge on any atom is 0.272 e. The molecular formula is C19H31F2N3O2. The van der Waals surface area contributed by atoms with Crippen LogP contribution in [0.1, 0.15) is 38.7 Å². The molecule has 0 aliphatic heterocycles. The van der Waals surface area contributed by atoms with Crippen LogP contribution in [-0.4, -0.2) is 43.8 Å². The fourth-order valence-corrected chi connectivity index (χ4v) is 2.59. The van der Waals surface area contributed by atoms with Crippen LogP contribution in [0.3, 0.4) is 0 Å². The Hall–Kier alpha value is -1.89. The Labute approximate surface area is 154 Å². The number of benzene rings is 1. The van der Waals surface area contributed by atoms with Gasteiger partial charge in [-0.1, -0.05) is 25.5 Å². The van der Waals surface area contributed by atoms with E-state index >= 15 is 0 Å². The number of ether oxygens (including phenoxy) is 1. The number of nitrogens with zero attached hydrogens (tertiary/aromatic N) is 1. The van der Waals surface area contributed by atoms with Gasteiger partial charge in [0.25, 0.3) is 6.43 Å². The number of aliphatic hydroxyl groups excluding tert-OH is 1. The van der Waals surface area contributed by atoms with E-state index in [9.17, 15) is 8.78 Å². The smallest absolute Gasteiger partial charge is 0.272 e. The Morgan fingerprint density at radius 1 is 1.23 bits per heavy atom. The van der Waals surface area contributed by atoms with E-state index in [1.165, 1.54) is 0 Å². The van der Waals surface area contributed by atoms with Gasteiger partial charge in [0, 0.05) is 19.7 Å². The van der Waals surface area contributed by atoms with Crippen LogP contribution in [-0.2, 0) is 6.54 Å². The predicted octanol–water partition coefficient (Wildman–Crippen LogP) is 3.18. The van der Waals surface area contributed by atoms with Crippen LogP contribution in [0.2, 0.25) is 0 Å². The minimum absolute atomic E-state index is 0.186. The summed E-state index contributed by atoms with van der Waals surface area (Å²) in [5.74, 6) is 1.52. The van der Waals surface area contributed by atoms with E-state index in [0.29, 0.717) is 24.2 Å². The molecule has 0 aromatic heterocycles. The molecule has 0 fully saturated rings. The van der Waals surface area contributed by atoms with E-state index in [-0.39, 0.29) is 6.61 Å². The first-order chi connectivity index (χ1) is 12.6. The summed E-state index contributed by atoms with van der Waals surface area (Å²) < 4.78 is 29.5. The van der Waals surface area contributed by atoms with Crippen molar-refractivity contribution in [1.29, 1.82) is 0 Å². The van der Waals surface area contributed by atoms with Crippen molar-refractivity contribution in [3.63, 3.8) is 0 Å². The molecule has 5 nitrogen and oxygen atoms in total. The van der Waals surface area contributed by atoms with Crippen LogP contribution in [0.15, 0.2) is 29.3 Å². The molecule has 0 saturated heterocycles. The summed E-state index contributed by atoms with van der Waals surface area (Å²) >= 11 is 0. The minimum Gasteiger partial charge on any atom is -0.488 e. The summed E-state index contributed by atoms with van der Waals surface area (Å²) in [5, 5.41) is 15.7. The second kappa shape index (κ2) is 13.3. The number of aliphatic imine (C=N–C) groups is 1. The monoisotopic (exact) mass is 371 g/mol. The van der Waals surface area contributed by atoms with Gasteiger partial charge in [-0.15, -0.1) is 0 Å². The molecule has 1 rings (SSSR count). The molecule has 0 saturated carbocycles. The van der Waals surface area contributed by atoms with Gasteiger partial charge in [-0.3, -0.25) is 0 Å². The molecule has 0 aliphatic rings. The van der Waals surface area contributed by atoms with Crippen molar-refractivity contribution in [1.82, 2.24) is 10.6 Å². The molecular weight excluding hydrogens is 340 g/mol. The van der Waals surface area contributed by atoms with Gasteiger partial charge in [-0.05, 0) is 43.4 Å². The second-order valence-corrected chi connectivity index (χ2v) is 6.09. The van der Waals surface area contributed by atoms with Gasteiger partial charge >= 0.3 is 0 Å². The molecule has 0 heterocycles. The van der Waals surface area contributed by atoms with Crippen molar-refractivity contribution in [2.75, 3.05) is 26.3 Å². The molecule has 26 heavy (non-hydrogen) atoms. The zero-order valence-electron chi connectivity index (χ0n) is 15.7. The zero-order chi connectivity index (χ0) is 19.2. The Bertz CT molecular complexity index is 521. The molecule has 7 heteroatoms. The molecule has 0 bridgehead atoms. The fourth-order valence-electron chi connectivity index (χ4n) is 2.59. The maximum absolute atomic E-state index is 12.2. The van der Waals surface area contributed by atoms with Gasteiger partial charge in [0.05, 0.1) is 6.54 Å². The molecule has 1 atom stereocenters. The summed E-state index contributed by atoms with van der Waals surface area (Å²) in [6.45, 7) is 5.60. The molecule has 148 valence electrons. The third-order valence-electron chi connectivity index (χ3n) is 3.83. The summed E-state index contributed by atoms with van der Waals surface area (Å²) in [6.07, 6.45) is 0.405. The van der Waals surface area contributed by atoms with E-state index in [0.717, 1.165) is 37.9 Å². The number of alkyl halides is 2. The summed E-state index contributed by atoms with van der Waals surface area (Å²) in [4.78, 5) is 4.54. The molecule has 1 aromatic rings. The molecule has 0 spiro atoms. The van der Waals surface area contributed by atoms with Gasteiger partial charge < -0.3 is 20.5 Å². The first-order valence-electron chi connectivity index (χ1n) is 9.21. The summed E-state index contributed by atoms with van der Waals surface area (Å²) in [7, 11) is 0. The third kappa shape index (κ3) is 9.56. The van der Waals surface area contributed by atoms with Gasteiger partial charge in [0.2, 0.25) is 0 Å². The highest BCUT2D eigenvalue weighted by Gasteiger charge is 2.08. The lowest BCUT2D eigenvalue weighted by Gasteiger charge is -2.18. The Morgan fingerprint density at radius 3 is 2.69 bits per heavy atom. The van der Waals surface area contributed by atoms with E-state index in [1.54, 1.807) is 18.2 Å². The van der Waals surface area contributed by atoms with Gasteiger partial charge in [-0.25, -0.2) is 13.8 Å². The number of aliphatic hydroxyl groups is 1. The maximum atomic E-state index is 12.2. The molecule has 0 amide bonds. The van der Waals surface area contributed by atoms with E-state index in [1.807, 2.05) is 13.0 Å². The van der Waals surface area contributed by atoms with Crippen molar-refractivity contribution in [3.05, 3.63) is 29.8 Å². The van der Waals surface area contributed by atoms with E-state index in [4.69, 9.17) is 9.84 Å². The second-order valence-electron chi connectivity index (χ2n) is 6.09. The standard InChI is InChI=1S/C19H31F2N3O2/c1-3-6-15(9-10-25)12-23-19(22-4-2)24-13-16-7-5-8-17(11-16)26-14-18(20)21/h5,7-8,11,15,18,25H,3-4,6,9-10,12-14H2,1-2H3,(H2,22,23,24). The number of hydrogen-bond acceptors (Lipinski definition) is 3. The van der Waals surface area contributed by atoms with E-state index in [2.05, 4.69) is 22.5 Å². The van der Waals surface area contributed by atoms with Crippen molar-refractivity contribution in [3.8, 4) is 5.75 Å². The first kappa shape index (κ1) is 22.2. The van der Waals surface area contributed by atoms with E-state index < -0.39 is 13.0 Å². The van der Waals surface area contributed by atoms with Crippen LogP contribution in [0.4, 0.5) is 8.78 Å². The minimum atomic E-state index is -2.49. The van der Waals surface area contributed by atoms with Crippen LogP contribution >= 0.6 is 0 Å². The van der Waals surface area contributed by atoms with Crippen LogP contribution in [0, 0.1) is 5.92 Å². The quantitative estimate of drug-likeness (QED) is 0.390. The first-order valence-corrected chi connectivity index (χ1v) is 9.21. The highest BCUT2D eigenvalue weighted by atomic mass is 19.3. The fraction of sp³-hybridized carbons (Fsp3) is 0.632. The highest BCUT2D eigenvalue weighted by molar-refractivity contribution is 5.79. The number of nitrogens with one attached hydrogen (secondary N) is 2. The van der Waals surface area contributed by atoms with Crippen LogP contribution in [0.25, 0.3) is 0 Å². The average Bonchev–Trinajstić information content (AvgIpc) is 2.63. The third-order valence-corrected chi connectivity index (χ3v) is 3.83. The summed E-state index contributed by atoms with van der Waals surface area (Å²) in [5.41, 5.74) is 0.884. The largest absolute Gasteiger partial charge is 0.488 e. The molecule has 1 unspecified atom stereocenters. The lowest BCUT2D eigenvalue weighted by Crippen LogP contribution is -2.40. The van der Waals surface area contributed by atoms with Crippen LogP contribution in [0.5, 0.6) is 5.75 Å². The topological polar surface area (TPSA) is 65.9 Å². The molecule has 3 N–H and O–H groups in total. The number of guanidine groups is 1. The van der Waals surface area contributed by atoms with Crippen molar-refractivity contribution in [2.45, 2.75) is 46.1 Å². The lowest BCUT2D eigenvalue weighted by molar-refractivity contribution is 0.0818. The highest BCUT2D eigenvalue weighted by Crippen LogP contribution is 2.15.